The number of halogens is 1. The van der Waals surface area contributed by atoms with Crippen LogP contribution in [0.5, 0.6) is 0 Å². The van der Waals surface area contributed by atoms with E-state index in [1.165, 1.54) is 25.0 Å². The standard InChI is InChI=1S/C16H21ClN2O2S/c17-15-3-5-16(6-4-15)22(20,21)19-8-7-18-11-14-10-12-1-2-13(14)9-12/h1-6,12-14,18-19H,7-11H2. The number of hydrogen-bond donors (Lipinski definition) is 2. The van der Waals surface area contributed by atoms with E-state index in [1.807, 2.05) is 0 Å². The third-order valence-corrected chi connectivity index (χ3v) is 6.27. The van der Waals surface area contributed by atoms with Crippen molar-refractivity contribution in [1.82, 2.24) is 10.0 Å². The van der Waals surface area contributed by atoms with Crippen LogP contribution < -0.4 is 10.0 Å². The highest BCUT2D eigenvalue weighted by atomic mass is 35.5. The van der Waals surface area contributed by atoms with E-state index in [2.05, 4.69) is 22.2 Å². The van der Waals surface area contributed by atoms with E-state index < -0.39 is 10.0 Å². The van der Waals surface area contributed by atoms with Gasteiger partial charge in [-0.25, -0.2) is 13.1 Å². The summed E-state index contributed by atoms with van der Waals surface area (Å²) in [6.45, 7) is 2.00. The summed E-state index contributed by atoms with van der Waals surface area (Å²) in [6.07, 6.45) is 7.24. The molecule has 2 bridgehead atoms. The zero-order chi connectivity index (χ0) is 15.6. The third kappa shape index (κ3) is 3.71. The molecule has 0 amide bonds. The summed E-state index contributed by atoms with van der Waals surface area (Å²) in [5, 5.41) is 3.89. The molecule has 6 heteroatoms. The largest absolute Gasteiger partial charge is 0.315 e. The van der Waals surface area contributed by atoms with E-state index in [-0.39, 0.29) is 4.90 Å². The number of sulfonamides is 1. The highest BCUT2D eigenvalue weighted by Crippen LogP contribution is 2.42. The molecular weight excluding hydrogens is 320 g/mol. The van der Waals surface area contributed by atoms with Crippen LogP contribution in [0.2, 0.25) is 5.02 Å². The van der Waals surface area contributed by atoms with Gasteiger partial charge in [-0.3, -0.25) is 0 Å². The molecule has 0 aliphatic heterocycles. The zero-order valence-electron chi connectivity index (χ0n) is 12.3. The summed E-state index contributed by atoms with van der Waals surface area (Å²) in [6, 6.07) is 6.19. The molecule has 3 atom stereocenters. The Hall–Kier alpha value is -0.880. The molecule has 2 N–H and O–H groups in total. The highest BCUT2D eigenvalue weighted by Gasteiger charge is 2.34. The fourth-order valence-electron chi connectivity index (χ4n) is 3.39. The Morgan fingerprint density at radius 1 is 1.09 bits per heavy atom. The summed E-state index contributed by atoms with van der Waals surface area (Å²) < 4.78 is 26.8. The van der Waals surface area contributed by atoms with Crippen LogP contribution in [0, 0.1) is 17.8 Å². The average Bonchev–Trinajstić information content (AvgIpc) is 3.10. The van der Waals surface area contributed by atoms with Crippen molar-refractivity contribution in [3.8, 4) is 0 Å². The first-order valence-electron chi connectivity index (χ1n) is 7.69. The third-order valence-electron chi connectivity index (χ3n) is 4.54. The molecule has 1 saturated carbocycles. The van der Waals surface area contributed by atoms with Gasteiger partial charge in [0, 0.05) is 18.1 Å². The van der Waals surface area contributed by atoms with E-state index in [9.17, 15) is 8.42 Å². The van der Waals surface area contributed by atoms with Gasteiger partial charge >= 0.3 is 0 Å². The molecule has 120 valence electrons. The second kappa shape index (κ2) is 6.71. The van der Waals surface area contributed by atoms with E-state index in [0.717, 1.165) is 18.4 Å². The van der Waals surface area contributed by atoms with Crippen LogP contribution in [0.4, 0.5) is 0 Å². The predicted molar refractivity (Wildman–Crippen MR) is 88.4 cm³/mol. The van der Waals surface area contributed by atoms with Crippen LogP contribution in [0.25, 0.3) is 0 Å². The SMILES string of the molecule is O=S(=O)(NCCNCC1CC2C=CC1C2)c1ccc(Cl)cc1. The number of nitrogens with one attached hydrogen (secondary N) is 2. The maximum atomic E-state index is 12.1. The van der Waals surface area contributed by atoms with Crippen molar-refractivity contribution in [2.45, 2.75) is 17.7 Å². The van der Waals surface area contributed by atoms with Gasteiger partial charge in [0.1, 0.15) is 0 Å². The molecule has 1 fully saturated rings. The molecule has 3 rings (SSSR count). The van der Waals surface area contributed by atoms with Crippen LogP contribution in [0.3, 0.4) is 0 Å². The monoisotopic (exact) mass is 340 g/mol. The van der Waals surface area contributed by atoms with Gasteiger partial charge in [-0.05, 0) is 61.4 Å². The highest BCUT2D eigenvalue weighted by molar-refractivity contribution is 7.89. The lowest BCUT2D eigenvalue weighted by Crippen LogP contribution is -2.34. The van der Waals surface area contributed by atoms with Gasteiger partial charge < -0.3 is 5.32 Å². The number of allylic oxidation sites excluding steroid dienone is 2. The fraction of sp³-hybridized carbons (Fsp3) is 0.500. The van der Waals surface area contributed by atoms with Crippen molar-refractivity contribution >= 4 is 21.6 Å². The Labute approximate surface area is 137 Å². The maximum absolute atomic E-state index is 12.1. The van der Waals surface area contributed by atoms with Crippen molar-refractivity contribution in [3.05, 3.63) is 41.4 Å². The van der Waals surface area contributed by atoms with E-state index in [0.29, 0.717) is 24.0 Å². The van der Waals surface area contributed by atoms with Gasteiger partial charge in [0.2, 0.25) is 10.0 Å². The predicted octanol–water partition coefficient (Wildman–Crippen LogP) is 2.42. The minimum atomic E-state index is -3.44. The summed E-state index contributed by atoms with van der Waals surface area (Å²) >= 11 is 5.77. The second-order valence-electron chi connectivity index (χ2n) is 6.10. The van der Waals surface area contributed by atoms with Crippen molar-refractivity contribution in [2.75, 3.05) is 19.6 Å². The molecule has 4 nitrogen and oxygen atoms in total. The first kappa shape index (κ1) is 16.0. The zero-order valence-corrected chi connectivity index (χ0v) is 13.9. The molecule has 0 heterocycles. The minimum Gasteiger partial charge on any atom is -0.315 e. The fourth-order valence-corrected chi connectivity index (χ4v) is 4.55. The second-order valence-corrected chi connectivity index (χ2v) is 8.30. The summed E-state index contributed by atoms with van der Waals surface area (Å²) in [7, 11) is -3.44. The molecule has 2 aliphatic carbocycles. The smallest absolute Gasteiger partial charge is 0.240 e. The molecule has 3 unspecified atom stereocenters. The van der Waals surface area contributed by atoms with Crippen molar-refractivity contribution in [1.29, 1.82) is 0 Å². The Morgan fingerprint density at radius 2 is 1.86 bits per heavy atom. The quantitative estimate of drug-likeness (QED) is 0.592. The van der Waals surface area contributed by atoms with Gasteiger partial charge in [-0.1, -0.05) is 23.8 Å². The molecular formula is C16H21ClN2O2S. The Balaban J connectivity index is 1.39. The molecule has 1 aromatic carbocycles. The number of benzene rings is 1. The van der Waals surface area contributed by atoms with Gasteiger partial charge in [0.05, 0.1) is 4.90 Å². The number of hydrogen-bond acceptors (Lipinski definition) is 3. The van der Waals surface area contributed by atoms with Crippen LogP contribution >= 0.6 is 11.6 Å². The van der Waals surface area contributed by atoms with Crippen LogP contribution in [0.1, 0.15) is 12.8 Å². The minimum absolute atomic E-state index is 0.245. The number of rotatable bonds is 7. The molecule has 2 aliphatic rings. The number of fused-ring (bicyclic) bond motifs is 2. The Kier molecular flexibility index (Phi) is 4.88. The Bertz CT molecular complexity index is 643. The summed E-state index contributed by atoms with van der Waals surface area (Å²) in [5.41, 5.74) is 0. The molecule has 0 aromatic heterocycles. The van der Waals surface area contributed by atoms with Crippen LogP contribution in [-0.4, -0.2) is 28.1 Å². The van der Waals surface area contributed by atoms with Crippen LogP contribution in [0.15, 0.2) is 41.3 Å². The van der Waals surface area contributed by atoms with Gasteiger partial charge in [-0.15, -0.1) is 0 Å². The summed E-state index contributed by atoms with van der Waals surface area (Å²) in [5.74, 6) is 2.21. The molecule has 0 saturated heterocycles. The molecule has 22 heavy (non-hydrogen) atoms. The van der Waals surface area contributed by atoms with Gasteiger partial charge in [0.15, 0.2) is 0 Å². The lowest BCUT2D eigenvalue weighted by Gasteiger charge is -2.18. The average molecular weight is 341 g/mol. The van der Waals surface area contributed by atoms with E-state index >= 15 is 0 Å². The lowest BCUT2D eigenvalue weighted by molar-refractivity contribution is 0.416. The Morgan fingerprint density at radius 3 is 2.50 bits per heavy atom. The van der Waals surface area contributed by atoms with Gasteiger partial charge in [0.25, 0.3) is 0 Å². The topological polar surface area (TPSA) is 58.2 Å². The van der Waals surface area contributed by atoms with Gasteiger partial charge in [-0.2, -0.15) is 0 Å². The first-order chi connectivity index (χ1) is 10.5. The van der Waals surface area contributed by atoms with E-state index in [1.54, 1.807) is 12.1 Å². The van der Waals surface area contributed by atoms with Crippen molar-refractivity contribution in [3.63, 3.8) is 0 Å². The normalized spacial score (nSPS) is 26.7. The lowest BCUT2D eigenvalue weighted by atomic mass is 9.94. The van der Waals surface area contributed by atoms with E-state index in [4.69, 9.17) is 11.6 Å². The molecule has 1 aromatic rings. The molecule has 0 radical (unpaired) electrons. The maximum Gasteiger partial charge on any atom is 0.240 e. The van der Waals surface area contributed by atoms with Crippen LogP contribution in [-0.2, 0) is 10.0 Å². The first-order valence-corrected chi connectivity index (χ1v) is 9.55. The summed E-state index contributed by atoms with van der Waals surface area (Å²) in [4.78, 5) is 0.245. The van der Waals surface area contributed by atoms with Crippen molar-refractivity contribution < 1.29 is 8.42 Å². The molecule has 0 spiro atoms. The van der Waals surface area contributed by atoms with Crippen molar-refractivity contribution in [2.24, 2.45) is 17.8 Å².